The van der Waals surface area contributed by atoms with Crippen LogP contribution in [0, 0.1) is 5.92 Å². The van der Waals surface area contributed by atoms with Crippen LogP contribution in [-0.2, 0) is 14.3 Å². The molecule has 0 radical (unpaired) electrons. The summed E-state index contributed by atoms with van der Waals surface area (Å²) in [5, 5.41) is 2.62. The molecule has 0 unspecified atom stereocenters. The van der Waals surface area contributed by atoms with Crippen LogP contribution in [0.4, 0.5) is 0 Å². The van der Waals surface area contributed by atoms with Gasteiger partial charge < -0.3 is 10.1 Å². The van der Waals surface area contributed by atoms with Crippen LogP contribution in [0.3, 0.4) is 0 Å². The quantitative estimate of drug-likeness (QED) is 0.650. The van der Waals surface area contributed by atoms with Crippen LogP contribution >= 0.6 is 0 Å². The lowest BCUT2D eigenvalue weighted by Crippen LogP contribution is -2.47. The highest BCUT2D eigenvalue weighted by Crippen LogP contribution is 2.30. The molecule has 4 nitrogen and oxygen atoms in total. The lowest BCUT2D eigenvalue weighted by Gasteiger charge is -2.31. The van der Waals surface area contributed by atoms with Crippen LogP contribution in [0.2, 0.25) is 0 Å². The highest BCUT2D eigenvalue weighted by atomic mass is 16.5. The molecule has 0 saturated heterocycles. The molecular weight excluding hydrogens is 170 g/mol. The molecule has 1 atom stereocenters. The molecule has 4 heteroatoms. The number of ether oxygens (including phenoxy) is 1. The van der Waals surface area contributed by atoms with Crippen molar-refractivity contribution in [2.75, 3.05) is 7.11 Å². The van der Waals surface area contributed by atoms with E-state index in [1.807, 2.05) is 0 Å². The number of methoxy groups -OCH3 is 1. The predicted octanol–water partition coefficient (Wildman–Crippen LogP) is 0.464. The average Bonchev–Trinajstić information content (AvgIpc) is 1.98. The van der Waals surface area contributed by atoms with Crippen molar-refractivity contribution >= 4 is 11.9 Å². The Kier molecular flexibility index (Phi) is 3.28. The number of carbonyl (C=O) groups is 2. The fourth-order valence-electron chi connectivity index (χ4n) is 1.49. The first-order chi connectivity index (χ1) is 6.15. The summed E-state index contributed by atoms with van der Waals surface area (Å²) >= 11 is 0. The third-order valence-corrected chi connectivity index (χ3v) is 2.44. The Morgan fingerprint density at radius 2 is 2.08 bits per heavy atom. The first-order valence-corrected chi connectivity index (χ1v) is 4.50. The van der Waals surface area contributed by atoms with Crippen molar-refractivity contribution in [2.24, 2.45) is 5.92 Å². The summed E-state index contributed by atoms with van der Waals surface area (Å²) in [7, 11) is 1.34. The molecule has 0 heterocycles. The first-order valence-electron chi connectivity index (χ1n) is 4.50. The smallest absolute Gasteiger partial charge is 0.328 e. The van der Waals surface area contributed by atoms with Crippen LogP contribution < -0.4 is 5.32 Å². The summed E-state index contributed by atoms with van der Waals surface area (Å²) in [4.78, 5) is 22.0. The Morgan fingerprint density at radius 3 is 2.38 bits per heavy atom. The van der Waals surface area contributed by atoms with Crippen LogP contribution in [-0.4, -0.2) is 25.0 Å². The van der Waals surface area contributed by atoms with E-state index in [9.17, 15) is 9.59 Å². The van der Waals surface area contributed by atoms with E-state index in [1.54, 1.807) is 0 Å². The lowest BCUT2D eigenvalue weighted by molar-refractivity contribution is -0.147. The third kappa shape index (κ3) is 2.44. The van der Waals surface area contributed by atoms with Gasteiger partial charge in [-0.25, -0.2) is 4.79 Å². The summed E-state index contributed by atoms with van der Waals surface area (Å²) in [6.45, 7) is 1.41. The molecule has 0 aromatic carbocycles. The molecule has 1 amide bonds. The van der Waals surface area contributed by atoms with Crippen molar-refractivity contribution in [1.82, 2.24) is 5.32 Å². The van der Waals surface area contributed by atoms with Gasteiger partial charge in [-0.3, -0.25) is 4.79 Å². The summed E-state index contributed by atoms with van der Waals surface area (Å²) in [5.74, 6) is -0.237. The zero-order valence-electron chi connectivity index (χ0n) is 8.00. The fraction of sp³-hybridized carbons (Fsp3) is 0.778. The molecule has 0 aliphatic heterocycles. The van der Waals surface area contributed by atoms with Gasteiger partial charge in [-0.05, 0) is 18.8 Å². The number of esters is 1. The van der Waals surface area contributed by atoms with Gasteiger partial charge >= 0.3 is 5.97 Å². The largest absolute Gasteiger partial charge is 0.467 e. The number of hydrogen-bond donors (Lipinski definition) is 1. The van der Waals surface area contributed by atoms with E-state index in [2.05, 4.69) is 10.1 Å². The second kappa shape index (κ2) is 4.25. The van der Waals surface area contributed by atoms with Crippen LogP contribution in [0.15, 0.2) is 0 Å². The fourth-order valence-corrected chi connectivity index (χ4v) is 1.49. The average molecular weight is 185 g/mol. The van der Waals surface area contributed by atoms with Crippen molar-refractivity contribution in [1.29, 1.82) is 0 Å². The molecule has 0 aromatic rings. The number of rotatable bonds is 3. The summed E-state index contributed by atoms with van der Waals surface area (Å²) < 4.78 is 4.62. The Balaban J connectivity index is 2.52. The van der Waals surface area contributed by atoms with E-state index in [0.717, 1.165) is 19.3 Å². The number of nitrogens with one attached hydrogen (secondary N) is 1. The van der Waals surface area contributed by atoms with Crippen molar-refractivity contribution in [3.8, 4) is 0 Å². The summed E-state index contributed by atoms with van der Waals surface area (Å²) in [5.41, 5.74) is 0. The normalized spacial score (nSPS) is 18.6. The zero-order valence-corrected chi connectivity index (χ0v) is 8.00. The minimum atomic E-state index is -0.434. The van der Waals surface area contributed by atoms with Gasteiger partial charge in [-0.2, -0.15) is 0 Å². The van der Waals surface area contributed by atoms with Gasteiger partial charge in [0.05, 0.1) is 7.11 Å². The van der Waals surface area contributed by atoms with Crippen LogP contribution in [0.25, 0.3) is 0 Å². The van der Waals surface area contributed by atoms with Crippen molar-refractivity contribution in [2.45, 2.75) is 32.2 Å². The topological polar surface area (TPSA) is 55.4 Å². The second-order valence-corrected chi connectivity index (χ2v) is 3.39. The molecule has 1 saturated carbocycles. The van der Waals surface area contributed by atoms with Crippen LogP contribution in [0.1, 0.15) is 26.2 Å². The molecule has 1 aliphatic rings. The number of hydrogen-bond acceptors (Lipinski definition) is 3. The number of carbonyl (C=O) groups excluding carboxylic acids is 2. The predicted molar refractivity (Wildman–Crippen MR) is 47.0 cm³/mol. The van der Waals surface area contributed by atoms with Crippen molar-refractivity contribution < 1.29 is 14.3 Å². The Morgan fingerprint density at radius 1 is 1.46 bits per heavy atom. The first kappa shape index (κ1) is 10.0. The molecule has 1 aliphatic carbocycles. The minimum absolute atomic E-state index is 0.178. The second-order valence-electron chi connectivity index (χ2n) is 3.39. The number of amides is 1. The van der Waals surface area contributed by atoms with Gasteiger partial charge in [0.1, 0.15) is 6.04 Å². The van der Waals surface area contributed by atoms with Crippen molar-refractivity contribution in [3.63, 3.8) is 0 Å². The standard InChI is InChI=1S/C9H15NO3/c1-6(11)10-8(9(12)13-2)7-4-3-5-7/h7-8H,3-5H2,1-2H3,(H,10,11)/t8-/m1/s1. The Bertz CT molecular complexity index is 211. The van der Waals surface area contributed by atoms with E-state index in [1.165, 1.54) is 14.0 Å². The van der Waals surface area contributed by atoms with Gasteiger partial charge in [0, 0.05) is 6.92 Å². The molecule has 0 bridgehead atoms. The Hall–Kier alpha value is -1.06. The molecule has 1 fully saturated rings. The maximum atomic E-state index is 11.2. The van der Waals surface area contributed by atoms with Crippen LogP contribution in [0.5, 0.6) is 0 Å². The van der Waals surface area contributed by atoms with E-state index < -0.39 is 6.04 Å². The lowest BCUT2D eigenvalue weighted by atomic mass is 9.79. The maximum Gasteiger partial charge on any atom is 0.328 e. The third-order valence-electron chi connectivity index (χ3n) is 2.44. The monoisotopic (exact) mass is 185 g/mol. The van der Waals surface area contributed by atoms with E-state index >= 15 is 0 Å². The molecule has 1 N–H and O–H groups in total. The molecule has 0 aromatic heterocycles. The molecule has 13 heavy (non-hydrogen) atoms. The Labute approximate surface area is 77.6 Å². The van der Waals surface area contributed by atoms with Gasteiger partial charge in [-0.1, -0.05) is 6.42 Å². The summed E-state index contributed by atoms with van der Waals surface area (Å²) in [6, 6.07) is -0.434. The summed E-state index contributed by atoms with van der Waals surface area (Å²) in [6.07, 6.45) is 3.14. The zero-order chi connectivity index (χ0) is 9.84. The maximum absolute atomic E-state index is 11.2. The SMILES string of the molecule is COC(=O)[C@H](NC(C)=O)C1CCC1. The minimum Gasteiger partial charge on any atom is -0.467 e. The van der Waals surface area contributed by atoms with E-state index in [-0.39, 0.29) is 17.8 Å². The highest BCUT2D eigenvalue weighted by molar-refractivity contribution is 5.83. The highest BCUT2D eigenvalue weighted by Gasteiger charge is 2.33. The van der Waals surface area contributed by atoms with Crippen molar-refractivity contribution in [3.05, 3.63) is 0 Å². The molecule has 1 rings (SSSR count). The van der Waals surface area contributed by atoms with Gasteiger partial charge in [0.15, 0.2) is 0 Å². The van der Waals surface area contributed by atoms with Gasteiger partial charge in [0.25, 0.3) is 0 Å². The van der Waals surface area contributed by atoms with E-state index in [4.69, 9.17) is 0 Å². The van der Waals surface area contributed by atoms with Gasteiger partial charge in [-0.15, -0.1) is 0 Å². The molecule has 74 valence electrons. The molecular formula is C9H15NO3. The molecule has 0 spiro atoms. The van der Waals surface area contributed by atoms with E-state index in [0.29, 0.717) is 0 Å². The van der Waals surface area contributed by atoms with Gasteiger partial charge in [0.2, 0.25) is 5.91 Å².